The van der Waals surface area contributed by atoms with Gasteiger partial charge in [0.15, 0.2) is 12.4 Å². The van der Waals surface area contributed by atoms with Gasteiger partial charge in [-0.2, -0.15) is 0 Å². The van der Waals surface area contributed by atoms with Gasteiger partial charge in [0.25, 0.3) is 5.91 Å². The van der Waals surface area contributed by atoms with E-state index in [-0.39, 0.29) is 24.3 Å². The molecule has 1 fully saturated rings. The number of methoxy groups -OCH3 is 1. The molecule has 0 N–H and O–H groups in total. The average Bonchev–Trinajstić information content (AvgIpc) is 3.50. The molecule has 0 aromatic heterocycles. The number of hydrogen-bond donors (Lipinski definition) is 0. The predicted octanol–water partition coefficient (Wildman–Crippen LogP) is 3.47. The molecule has 0 aliphatic heterocycles. The molecule has 2 aromatic carbocycles. The Balaban J connectivity index is 1.62. The van der Waals surface area contributed by atoms with Crippen molar-refractivity contribution >= 4 is 11.7 Å². The number of rotatable bonds is 8. The van der Waals surface area contributed by atoms with Crippen LogP contribution in [-0.4, -0.2) is 36.3 Å². The molecule has 0 heterocycles. The van der Waals surface area contributed by atoms with Crippen molar-refractivity contribution in [2.45, 2.75) is 32.4 Å². The van der Waals surface area contributed by atoms with Crippen molar-refractivity contribution in [2.75, 3.05) is 13.7 Å². The number of nitrogens with zero attached hydrogens (tertiary/aromatic N) is 1. The zero-order chi connectivity index (χ0) is 18.5. The standard InChI is InChI=1S/C21H23NO4/c1-15(23)17-4-3-5-20(12-17)26-14-21(24)22(18-8-9-18)13-16-6-10-19(25-2)11-7-16/h3-7,10-12,18H,8-9,13-14H2,1-2H3. The molecule has 2 aromatic rings. The molecule has 136 valence electrons. The fraction of sp³-hybridized carbons (Fsp3) is 0.333. The van der Waals surface area contributed by atoms with E-state index in [0.717, 1.165) is 24.2 Å². The summed E-state index contributed by atoms with van der Waals surface area (Å²) in [5, 5.41) is 0. The summed E-state index contributed by atoms with van der Waals surface area (Å²) >= 11 is 0. The Labute approximate surface area is 153 Å². The van der Waals surface area contributed by atoms with Crippen LogP contribution in [0.2, 0.25) is 0 Å². The molecular formula is C21H23NO4. The highest BCUT2D eigenvalue weighted by molar-refractivity contribution is 5.94. The molecule has 0 atom stereocenters. The third kappa shape index (κ3) is 4.63. The Bertz CT molecular complexity index is 781. The molecule has 26 heavy (non-hydrogen) atoms. The van der Waals surface area contributed by atoms with Gasteiger partial charge in [-0.05, 0) is 49.6 Å². The summed E-state index contributed by atoms with van der Waals surface area (Å²) in [7, 11) is 1.63. The maximum absolute atomic E-state index is 12.7. The molecule has 3 rings (SSSR count). The maximum atomic E-state index is 12.7. The molecule has 1 aliphatic rings. The van der Waals surface area contributed by atoms with Gasteiger partial charge in [0.05, 0.1) is 7.11 Å². The van der Waals surface area contributed by atoms with Gasteiger partial charge in [0, 0.05) is 18.2 Å². The molecular weight excluding hydrogens is 330 g/mol. The quantitative estimate of drug-likeness (QED) is 0.682. The molecule has 1 saturated carbocycles. The number of carbonyl (C=O) groups excluding carboxylic acids is 2. The first kappa shape index (κ1) is 18.0. The highest BCUT2D eigenvalue weighted by Gasteiger charge is 2.32. The van der Waals surface area contributed by atoms with Crippen molar-refractivity contribution < 1.29 is 19.1 Å². The van der Waals surface area contributed by atoms with Gasteiger partial charge in [-0.15, -0.1) is 0 Å². The summed E-state index contributed by atoms with van der Waals surface area (Å²) in [6.07, 6.45) is 2.06. The van der Waals surface area contributed by atoms with Gasteiger partial charge in [-0.25, -0.2) is 0 Å². The summed E-state index contributed by atoms with van der Waals surface area (Å²) < 4.78 is 10.8. The summed E-state index contributed by atoms with van der Waals surface area (Å²) in [6, 6.07) is 14.9. The molecule has 5 heteroatoms. The lowest BCUT2D eigenvalue weighted by molar-refractivity contribution is -0.134. The first-order valence-electron chi connectivity index (χ1n) is 8.73. The van der Waals surface area contributed by atoms with Crippen LogP contribution in [0.5, 0.6) is 11.5 Å². The van der Waals surface area contributed by atoms with Crippen molar-refractivity contribution in [2.24, 2.45) is 0 Å². The van der Waals surface area contributed by atoms with Crippen LogP contribution in [0.15, 0.2) is 48.5 Å². The van der Waals surface area contributed by atoms with Crippen LogP contribution in [-0.2, 0) is 11.3 Å². The van der Waals surface area contributed by atoms with Crippen molar-refractivity contribution in [3.8, 4) is 11.5 Å². The van der Waals surface area contributed by atoms with Gasteiger partial charge in [-0.3, -0.25) is 9.59 Å². The Hall–Kier alpha value is -2.82. The summed E-state index contributed by atoms with van der Waals surface area (Å²) in [5.74, 6) is 1.26. The molecule has 5 nitrogen and oxygen atoms in total. The minimum Gasteiger partial charge on any atom is -0.497 e. The topological polar surface area (TPSA) is 55.8 Å². The highest BCUT2D eigenvalue weighted by atomic mass is 16.5. The Morgan fingerprint density at radius 3 is 2.42 bits per heavy atom. The molecule has 0 unspecified atom stereocenters. The SMILES string of the molecule is COc1ccc(CN(C(=O)COc2cccc(C(C)=O)c2)C2CC2)cc1. The molecule has 0 radical (unpaired) electrons. The fourth-order valence-corrected chi connectivity index (χ4v) is 2.77. The van der Waals surface area contributed by atoms with Crippen molar-refractivity contribution in [3.63, 3.8) is 0 Å². The van der Waals surface area contributed by atoms with Crippen molar-refractivity contribution in [1.82, 2.24) is 4.90 Å². The third-order valence-electron chi connectivity index (χ3n) is 4.42. The van der Waals surface area contributed by atoms with Crippen LogP contribution in [0.25, 0.3) is 0 Å². The number of Topliss-reactive ketones (excluding diaryl/α,β-unsaturated/α-hetero) is 1. The summed E-state index contributed by atoms with van der Waals surface area (Å²) in [5.41, 5.74) is 1.64. The molecule has 1 amide bonds. The van der Waals surface area contributed by atoms with Crippen LogP contribution >= 0.6 is 0 Å². The van der Waals surface area contributed by atoms with Gasteiger partial charge < -0.3 is 14.4 Å². The summed E-state index contributed by atoms with van der Waals surface area (Å²) in [4.78, 5) is 26.0. The van der Waals surface area contributed by atoms with Crippen LogP contribution < -0.4 is 9.47 Å². The van der Waals surface area contributed by atoms with Crippen LogP contribution in [0.1, 0.15) is 35.7 Å². The van der Waals surface area contributed by atoms with Gasteiger partial charge in [0.2, 0.25) is 0 Å². The fourth-order valence-electron chi connectivity index (χ4n) is 2.77. The number of amides is 1. The number of benzene rings is 2. The van der Waals surface area contributed by atoms with E-state index >= 15 is 0 Å². The van der Waals surface area contributed by atoms with E-state index in [0.29, 0.717) is 17.9 Å². The Morgan fingerprint density at radius 1 is 1.08 bits per heavy atom. The first-order chi connectivity index (χ1) is 12.6. The van der Waals surface area contributed by atoms with E-state index in [1.807, 2.05) is 29.2 Å². The number of carbonyl (C=O) groups is 2. The lowest BCUT2D eigenvalue weighted by atomic mass is 10.1. The van der Waals surface area contributed by atoms with Crippen LogP contribution in [0.3, 0.4) is 0 Å². The van der Waals surface area contributed by atoms with E-state index < -0.39 is 0 Å². The third-order valence-corrected chi connectivity index (χ3v) is 4.42. The van der Waals surface area contributed by atoms with Gasteiger partial charge >= 0.3 is 0 Å². The second kappa shape index (κ2) is 8.04. The number of ether oxygens (including phenoxy) is 2. The number of hydrogen-bond acceptors (Lipinski definition) is 4. The minimum atomic E-state index is -0.0449. The second-order valence-electron chi connectivity index (χ2n) is 6.47. The van der Waals surface area contributed by atoms with E-state index in [2.05, 4.69) is 0 Å². The predicted molar refractivity (Wildman–Crippen MR) is 98.5 cm³/mol. The maximum Gasteiger partial charge on any atom is 0.261 e. The first-order valence-corrected chi connectivity index (χ1v) is 8.73. The zero-order valence-corrected chi connectivity index (χ0v) is 15.1. The monoisotopic (exact) mass is 353 g/mol. The molecule has 0 spiro atoms. The lowest BCUT2D eigenvalue weighted by Crippen LogP contribution is -2.36. The van der Waals surface area contributed by atoms with Crippen molar-refractivity contribution in [3.05, 3.63) is 59.7 Å². The van der Waals surface area contributed by atoms with E-state index in [1.165, 1.54) is 6.92 Å². The molecule has 1 aliphatic carbocycles. The van der Waals surface area contributed by atoms with Crippen LogP contribution in [0.4, 0.5) is 0 Å². The lowest BCUT2D eigenvalue weighted by Gasteiger charge is -2.23. The Kier molecular flexibility index (Phi) is 5.56. The highest BCUT2D eigenvalue weighted by Crippen LogP contribution is 2.29. The summed E-state index contributed by atoms with van der Waals surface area (Å²) in [6.45, 7) is 2.03. The largest absolute Gasteiger partial charge is 0.497 e. The Morgan fingerprint density at radius 2 is 1.81 bits per heavy atom. The van der Waals surface area contributed by atoms with Crippen molar-refractivity contribution in [1.29, 1.82) is 0 Å². The normalized spacial score (nSPS) is 13.2. The van der Waals surface area contributed by atoms with E-state index in [4.69, 9.17) is 9.47 Å². The van der Waals surface area contributed by atoms with Gasteiger partial charge in [-0.1, -0.05) is 24.3 Å². The molecule has 0 saturated heterocycles. The van der Waals surface area contributed by atoms with E-state index in [9.17, 15) is 9.59 Å². The zero-order valence-electron chi connectivity index (χ0n) is 15.1. The van der Waals surface area contributed by atoms with E-state index in [1.54, 1.807) is 31.4 Å². The molecule has 0 bridgehead atoms. The second-order valence-corrected chi connectivity index (χ2v) is 6.47. The minimum absolute atomic E-state index is 0.0270. The average molecular weight is 353 g/mol. The van der Waals surface area contributed by atoms with Crippen LogP contribution in [0, 0.1) is 0 Å². The number of ketones is 1. The van der Waals surface area contributed by atoms with Gasteiger partial charge in [0.1, 0.15) is 11.5 Å². The smallest absolute Gasteiger partial charge is 0.261 e.